The Labute approximate surface area is 178 Å². The molecule has 6 heteroatoms. The first-order chi connectivity index (χ1) is 14.6. The van der Waals surface area contributed by atoms with Crippen molar-refractivity contribution in [3.8, 4) is 0 Å². The van der Waals surface area contributed by atoms with E-state index < -0.39 is 6.10 Å². The Morgan fingerprint density at radius 1 is 1.17 bits per heavy atom. The van der Waals surface area contributed by atoms with Gasteiger partial charge in [0, 0.05) is 25.7 Å². The third kappa shape index (κ3) is 3.65. The first-order valence-corrected chi connectivity index (χ1v) is 11.3. The Morgan fingerprint density at radius 2 is 1.90 bits per heavy atom. The van der Waals surface area contributed by atoms with Crippen molar-refractivity contribution in [2.24, 2.45) is 23.2 Å². The van der Waals surface area contributed by atoms with Crippen molar-refractivity contribution in [1.29, 1.82) is 0 Å². The zero-order valence-electron chi connectivity index (χ0n) is 17.7. The fourth-order valence-electron chi connectivity index (χ4n) is 6.83. The van der Waals surface area contributed by atoms with Crippen molar-refractivity contribution >= 4 is 11.9 Å². The molecular weight excluding hydrogens is 380 g/mol. The quantitative estimate of drug-likeness (QED) is 0.752. The maximum absolute atomic E-state index is 13.1. The molecule has 4 aliphatic carbocycles. The number of nitrogens with zero attached hydrogens (tertiary/aromatic N) is 1. The highest BCUT2D eigenvalue weighted by Crippen LogP contribution is 2.60. The number of amides is 1. The van der Waals surface area contributed by atoms with E-state index in [0.717, 1.165) is 45.2 Å². The van der Waals surface area contributed by atoms with E-state index in [1.54, 1.807) is 0 Å². The smallest absolute Gasteiger partial charge is 0.311 e. The second kappa shape index (κ2) is 7.97. The van der Waals surface area contributed by atoms with Crippen molar-refractivity contribution in [3.63, 3.8) is 0 Å². The molecule has 4 bridgehead atoms. The molecule has 1 aliphatic heterocycles. The Kier molecular flexibility index (Phi) is 5.31. The predicted octanol–water partition coefficient (Wildman–Crippen LogP) is 2.37. The van der Waals surface area contributed by atoms with Gasteiger partial charge in [0.15, 0.2) is 0 Å². The highest BCUT2D eigenvalue weighted by molar-refractivity contribution is 5.82. The highest BCUT2D eigenvalue weighted by Gasteiger charge is 2.59. The summed E-state index contributed by atoms with van der Waals surface area (Å²) < 4.78 is 11.0. The van der Waals surface area contributed by atoms with Crippen LogP contribution in [0.2, 0.25) is 0 Å². The van der Waals surface area contributed by atoms with Crippen LogP contribution in [0, 0.1) is 23.2 Å². The van der Waals surface area contributed by atoms with Crippen LogP contribution >= 0.6 is 0 Å². The lowest BCUT2D eigenvalue weighted by Crippen LogP contribution is -2.63. The summed E-state index contributed by atoms with van der Waals surface area (Å²) in [5.74, 6) is 1.32. The fourth-order valence-corrected chi connectivity index (χ4v) is 6.83. The topological polar surface area (TPSA) is 67.9 Å². The number of nitrogens with one attached hydrogen (secondary N) is 1. The molecule has 5 fully saturated rings. The van der Waals surface area contributed by atoms with Crippen molar-refractivity contribution in [2.75, 3.05) is 26.8 Å². The van der Waals surface area contributed by atoms with E-state index in [1.165, 1.54) is 12.7 Å². The van der Waals surface area contributed by atoms with Crippen LogP contribution in [0.25, 0.3) is 0 Å². The standard InChI is InChI=1S/C24H32N2O4/c1-29-23(28)24-11-17-9-18(12-24)21(19(10-17)13-24)25-22(27)20-15-26(7-8-30-20)14-16-5-3-2-4-6-16/h2-6,17-21H,7-15H2,1H3,(H,25,27). The molecule has 30 heavy (non-hydrogen) atoms. The molecule has 0 radical (unpaired) electrons. The van der Waals surface area contributed by atoms with Gasteiger partial charge in [0.05, 0.1) is 19.1 Å². The van der Waals surface area contributed by atoms with Gasteiger partial charge in [-0.15, -0.1) is 0 Å². The normalized spacial score (nSPS) is 37.7. The summed E-state index contributed by atoms with van der Waals surface area (Å²) in [6.45, 7) is 2.89. The largest absolute Gasteiger partial charge is 0.469 e. The summed E-state index contributed by atoms with van der Waals surface area (Å²) >= 11 is 0. The average molecular weight is 413 g/mol. The average Bonchev–Trinajstić information content (AvgIpc) is 2.76. The monoisotopic (exact) mass is 412 g/mol. The van der Waals surface area contributed by atoms with Gasteiger partial charge in [0.1, 0.15) is 6.10 Å². The van der Waals surface area contributed by atoms with Crippen molar-refractivity contribution in [2.45, 2.75) is 50.8 Å². The summed E-state index contributed by atoms with van der Waals surface area (Å²) in [4.78, 5) is 27.9. The summed E-state index contributed by atoms with van der Waals surface area (Å²) in [7, 11) is 1.50. The molecule has 1 saturated heterocycles. The molecule has 1 aromatic carbocycles. The van der Waals surface area contributed by atoms with E-state index in [1.807, 2.05) is 18.2 Å². The molecule has 4 saturated carbocycles. The summed E-state index contributed by atoms with van der Waals surface area (Å²) in [5.41, 5.74) is 0.952. The van der Waals surface area contributed by atoms with Gasteiger partial charge in [-0.25, -0.2) is 0 Å². The van der Waals surface area contributed by atoms with Gasteiger partial charge in [0.25, 0.3) is 5.91 Å². The molecule has 0 spiro atoms. The lowest BCUT2D eigenvalue weighted by atomic mass is 9.48. The molecule has 5 aliphatic rings. The van der Waals surface area contributed by atoms with E-state index in [0.29, 0.717) is 30.9 Å². The van der Waals surface area contributed by atoms with Crippen LogP contribution in [-0.4, -0.2) is 55.7 Å². The van der Waals surface area contributed by atoms with Crippen molar-refractivity contribution in [1.82, 2.24) is 10.2 Å². The summed E-state index contributed by atoms with van der Waals surface area (Å²) in [5, 5.41) is 3.35. The van der Waals surface area contributed by atoms with E-state index in [9.17, 15) is 9.59 Å². The minimum absolute atomic E-state index is 0.0114. The Balaban J connectivity index is 1.21. The fraction of sp³-hybridized carbons (Fsp3) is 0.667. The van der Waals surface area contributed by atoms with Gasteiger partial charge in [-0.05, 0) is 55.4 Å². The summed E-state index contributed by atoms with van der Waals surface area (Å²) in [6.07, 6.45) is 4.48. The summed E-state index contributed by atoms with van der Waals surface area (Å²) in [6, 6.07) is 10.5. The number of hydrogen-bond acceptors (Lipinski definition) is 5. The van der Waals surface area contributed by atoms with E-state index in [2.05, 4.69) is 22.3 Å². The molecule has 6 rings (SSSR count). The van der Waals surface area contributed by atoms with Gasteiger partial charge in [0.2, 0.25) is 0 Å². The molecule has 6 nitrogen and oxygen atoms in total. The predicted molar refractivity (Wildman–Crippen MR) is 111 cm³/mol. The first kappa shape index (κ1) is 20.0. The maximum atomic E-state index is 13.1. The minimum atomic E-state index is -0.422. The second-order valence-electron chi connectivity index (χ2n) is 9.86. The number of carbonyl (C=O) groups excluding carboxylic acids is 2. The number of methoxy groups -OCH3 is 1. The lowest BCUT2D eigenvalue weighted by Gasteiger charge is -2.58. The van der Waals surface area contributed by atoms with E-state index in [4.69, 9.17) is 9.47 Å². The number of morpholine rings is 1. The van der Waals surface area contributed by atoms with Gasteiger partial charge < -0.3 is 14.8 Å². The minimum Gasteiger partial charge on any atom is -0.469 e. The van der Waals surface area contributed by atoms with Crippen LogP contribution in [0.4, 0.5) is 0 Å². The molecule has 3 unspecified atom stereocenters. The van der Waals surface area contributed by atoms with Gasteiger partial charge in [-0.1, -0.05) is 30.3 Å². The van der Waals surface area contributed by atoms with Crippen LogP contribution in [0.5, 0.6) is 0 Å². The molecule has 1 N–H and O–H groups in total. The third-order valence-corrected chi connectivity index (χ3v) is 7.89. The Hall–Kier alpha value is -1.92. The van der Waals surface area contributed by atoms with E-state index >= 15 is 0 Å². The number of esters is 1. The maximum Gasteiger partial charge on any atom is 0.311 e. The van der Waals surface area contributed by atoms with Crippen molar-refractivity contribution < 1.29 is 19.1 Å². The SMILES string of the molecule is COC(=O)C12CC3CC(C1)C(NC(=O)C1CN(Cc4ccccc4)CCO1)C(C3)C2. The molecule has 1 aromatic rings. The van der Waals surface area contributed by atoms with Crippen molar-refractivity contribution in [3.05, 3.63) is 35.9 Å². The van der Waals surface area contributed by atoms with Crippen LogP contribution in [0.3, 0.4) is 0 Å². The van der Waals surface area contributed by atoms with Gasteiger partial charge >= 0.3 is 5.97 Å². The van der Waals surface area contributed by atoms with Gasteiger partial charge in [-0.2, -0.15) is 0 Å². The third-order valence-electron chi connectivity index (χ3n) is 7.89. The number of rotatable bonds is 5. The zero-order chi connectivity index (χ0) is 20.7. The molecule has 1 heterocycles. The van der Waals surface area contributed by atoms with Crippen LogP contribution in [0.1, 0.15) is 37.7 Å². The Bertz CT molecular complexity index is 782. The number of carbonyl (C=O) groups is 2. The lowest BCUT2D eigenvalue weighted by molar-refractivity contribution is -0.172. The zero-order valence-corrected chi connectivity index (χ0v) is 17.7. The second-order valence-corrected chi connectivity index (χ2v) is 9.86. The van der Waals surface area contributed by atoms with Crippen LogP contribution < -0.4 is 5.32 Å². The van der Waals surface area contributed by atoms with Crippen LogP contribution in [0.15, 0.2) is 30.3 Å². The highest BCUT2D eigenvalue weighted by atomic mass is 16.5. The number of ether oxygens (including phenoxy) is 2. The molecule has 0 aromatic heterocycles. The molecular formula is C24H32N2O4. The van der Waals surface area contributed by atoms with Gasteiger partial charge in [-0.3, -0.25) is 14.5 Å². The number of benzene rings is 1. The van der Waals surface area contributed by atoms with Crippen LogP contribution in [-0.2, 0) is 25.6 Å². The Morgan fingerprint density at radius 3 is 2.60 bits per heavy atom. The molecule has 1 amide bonds. The molecule has 3 atom stereocenters. The molecule has 162 valence electrons. The first-order valence-electron chi connectivity index (χ1n) is 11.3. The number of hydrogen-bond donors (Lipinski definition) is 1. The van der Waals surface area contributed by atoms with E-state index in [-0.39, 0.29) is 23.3 Å².